The molecular formula is C17H21N6O4P. The lowest BCUT2D eigenvalue weighted by Crippen LogP contribution is -2.30. The van der Waals surface area contributed by atoms with Crippen molar-refractivity contribution in [1.82, 2.24) is 24.7 Å². The Morgan fingerprint density at radius 1 is 1.39 bits per heavy atom. The third kappa shape index (κ3) is 4.82. The van der Waals surface area contributed by atoms with Gasteiger partial charge in [0.25, 0.3) is 0 Å². The summed E-state index contributed by atoms with van der Waals surface area (Å²) >= 11 is 0. The lowest BCUT2D eigenvalue weighted by Gasteiger charge is -2.37. The number of aromatic amines is 1. The van der Waals surface area contributed by atoms with Gasteiger partial charge in [0.05, 0.1) is 30.4 Å². The van der Waals surface area contributed by atoms with Gasteiger partial charge in [0.1, 0.15) is 12.0 Å². The second-order valence-corrected chi connectivity index (χ2v) is 7.98. The van der Waals surface area contributed by atoms with Crippen LogP contribution in [0.1, 0.15) is 32.2 Å². The van der Waals surface area contributed by atoms with Crippen molar-refractivity contribution in [1.29, 1.82) is 5.26 Å². The van der Waals surface area contributed by atoms with Crippen molar-refractivity contribution in [3.63, 3.8) is 0 Å². The highest BCUT2D eigenvalue weighted by Gasteiger charge is 2.34. The Bertz CT molecular complexity index is 1020. The number of nitriles is 1. The number of phosphoric acid groups is 1. The lowest BCUT2D eigenvalue weighted by molar-refractivity contribution is 0.134. The van der Waals surface area contributed by atoms with Gasteiger partial charge in [-0.05, 0) is 30.7 Å². The van der Waals surface area contributed by atoms with Crippen LogP contribution in [-0.4, -0.2) is 39.4 Å². The third-order valence-electron chi connectivity index (χ3n) is 4.82. The number of H-pyrrole nitrogens is 1. The van der Waals surface area contributed by atoms with Crippen LogP contribution in [0.5, 0.6) is 0 Å². The third-order valence-corrected chi connectivity index (χ3v) is 4.82. The van der Waals surface area contributed by atoms with E-state index in [2.05, 4.69) is 33.0 Å². The van der Waals surface area contributed by atoms with Crippen LogP contribution in [0.15, 0.2) is 31.0 Å². The standard InChI is InChI=1S/C17H18N6.H3O4P/c1-11-6-12(7-11)15(2-4-18)23-9-13(8-22-23)16-14-3-5-19-17(14)21-10-20-16;1-5(2,3)4/h3,5,8-12,15H,2,6-7H2,1H3,(H,19,20,21);(H3,1,2,3,4). The first-order valence-corrected chi connectivity index (χ1v) is 10.3. The normalized spacial score (nSPS) is 20.0. The van der Waals surface area contributed by atoms with E-state index in [-0.39, 0.29) is 6.04 Å². The molecule has 1 aliphatic rings. The first kappa shape index (κ1) is 20.2. The summed E-state index contributed by atoms with van der Waals surface area (Å²) in [6.45, 7) is 2.26. The van der Waals surface area contributed by atoms with Gasteiger partial charge in [-0.2, -0.15) is 10.4 Å². The maximum Gasteiger partial charge on any atom is 0.466 e. The van der Waals surface area contributed by atoms with Gasteiger partial charge in [0.15, 0.2) is 0 Å². The molecule has 0 aliphatic heterocycles. The number of hydrogen-bond donors (Lipinski definition) is 4. The molecule has 148 valence electrons. The quantitative estimate of drug-likeness (QED) is 0.482. The fourth-order valence-corrected chi connectivity index (χ4v) is 3.59. The number of hydrogen-bond acceptors (Lipinski definition) is 5. The number of nitrogens with one attached hydrogen (secondary N) is 1. The summed E-state index contributed by atoms with van der Waals surface area (Å²) in [5, 5.41) is 14.7. The van der Waals surface area contributed by atoms with E-state index in [0.717, 1.165) is 28.2 Å². The highest BCUT2D eigenvalue weighted by molar-refractivity contribution is 7.45. The predicted octanol–water partition coefficient (Wildman–Crippen LogP) is 2.39. The van der Waals surface area contributed by atoms with Crippen LogP contribution in [-0.2, 0) is 4.57 Å². The number of fused-ring (bicyclic) bond motifs is 1. The van der Waals surface area contributed by atoms with Crippen molar-refractivity contribution in [2.45, 2.75) is 32.2 Å². The zero-order chi connectivity index (χ0) is 20.3. The van der Waals surface area contributed by atoms with Gasteiger partial charge in [0.2, 0.25) is 0 Å². The molecule has 1 aliphatic carbocycles. The summed E-state index contributed by atoms with van der Waals surface area (Å²) in [4.78, 5) is 33.3. The molecule has 4 rings (SSSR count). The van der Waals surface area contributed by atoms with Crippen LogP contribution in [0.4, 0.5) is 0 Å². The SMILES string of the molecule is CC1CC(C(CC#N)n2cc(-c3ncnc4[nH]ccc34)cn2)C1.O=P(O)(O)O. The van der Waals surface area contributed by atoms with Gasteiger partial charge in [-0.25, -0.2) is 14.5 Å². The Morgan fingerprint density at radius 3 is 2.75 bits per heavy atom. The van der Waals surface area contributed by atoms with Gasteiger partial charge in [-0.15, -0.1) is 0 Å². The summed E-state index contributed by atoms with van der Waals surface area (Å²) in [6.07, 6.45) is 10.1. The highest BCUT2D eigenvalue weighted by Crippen LogP contribution is 2.42. The Morgan fingerprint density at radius 2 is 2.11 bits per heavy atom. The van der Waals surface area contributed by atoms with Gasteiger partial charge in [-0.1, -0.05) is 6.92 Å². The maximum atomic E-state index is 9.15. The summed E-state index contributed by atoms with van der Waals surface area (Å²) < 4.78 is 10.8. The number of rotatable bonds is 4. The second kappa shape index (κ2) is 8.20. The molecule has 3 heterocycles. The molecule has 1 atom stereocenters. The van der Waals surface area contributed by atoms with E-state index in [4.69, 9.17) is 24.5 Å². The Hall–Kier alpha value is -2.57. The molecule has 0 bridgehead atoms. The zero-order valence-corrected chi connectivity index (χ0v) is 16.1. The van der Waals surface area contributed by atoms with E-state index in [1.807, 2.05) is 29.3 Å². The molecule has 10 nitrogen and oxygen atoms in total. The van der Waals surface area contributed by atoms with Crippen molar-refractivity contribution in [2.75, 3.05) is 0 Å². The Labute approximate surface area is 161 Å². The minimum Gasteiger partial charge on any atom is -0.346 e. The van der Waals surface area contributed by atoms with E-state index in [0.29, 0.717) is 12.3 Å². The minimum atomic E-state index is -4.64. The van der Waals surface area contributed by atoms with E-state index in [9.17, 15) is 0 Å². The summed E-state index contributed by atoms with van der Waals surface area (Å²) in [5.74, 6) is 1.31. The van der Waals surface area contributed by atoms with Crippen LogP contribution in [0.3, 0.4) is 0 Å². The van der Waals surface area contributed by atoms with Crippen LogP contribution in [0.25, 0.3) is 22.3 Å². The Kier molecular flexibility index (Phi) is 5.91. The lowest BCUT2D eigenvalue weighted by atomic mass is 9.71. The van der Waals surface area contributed by atoms with Crippen molar-refractivity contribution < 1.29 is 19.2 Å². The van der Waals surface area contributed by atoms with E-state index < -0.39 is 7.82 Å². The zero-order valence-electron chi connectivity index (χ0n) is 15.2. The Balaban J connectivity index is 0.000000403. The molecule has 1 saturated carbocycles. The summed E-state index contributed by atoms with van der Waals surface area (Å²) in [7, 11) is -4.64. The molecule has 0 radical (unpaired) electrons. The van der Waals surface area contributed by atoms with Crippen molar-refractivity contribution in [3.8, 4) is 17.3 Å². The number of aromatic nitrogens is 5. The molecule has 3 aromatic rings. The molecule has 11 heteroatoms. The smallest absolute Gasteiger partial charge is 0.346 e. The van der Waals surface area contributed by atoms with Crippen LogP contribution in [0.2, 0.25) is 0 Å². The average molecular weight is 404 g/mol. The molecule has 3 aromatic heterocycles. The monoisotopic (exact) mass is 404 g/mol. The molecule has 1 unspecified atom stereocenters. The fraction of sp³-hybridized carbons (Fsp3) is 0.412. The van der Waals surface area contributed by atoms with Crippen molar-refractivity contribution in [3.05, 3.63) is 31.0 Å². The molecule has 28 heavy (non-hydrogen) atoms. The summed E-state index contributed by atoms with van der Waals surface area (Å²) in [6, 6.07) is 4.45. The average Bonchev–Trinajstić information content (AvgIpc) is 3.24. The van der Waals surface area contributed by atoms with E-state index in [1.54, 1.807) is 6.33 Å². The topological polar surface area (TPSA) is 161 Å². The van der Waals surface area contributed by atoms with Crippen molar-refractivity contribution >= 4 is 18.9 Å². The van der Waals surface area contributed by atoms with Crippen LogP contribution in [0, 0.1) is 23.2 Å². The van der Waals surface area contributed by atoms with Crippen LogP contribution < -0.4 is 0 Å². The maximum absolute atomic E-state index is 9.15. The molecule has 4 N–H and O–H groups in total. The number of nitrogens with zero attached hydrogens (tertiary/aromatic N) is 5. The minimum absolute atomic E-state index is 0.161. The van der Waals surface area contributed by atoms with Gasteiger partial charge < -0.3 is 19.7 Å². The molecule has 1 fully saturated rings. The first-order chi connectivity index (χ1) is 13.3. The van der Waals surface area contributed by atoms with Gasteiger partial charge in [-0.3, -0.25) is 4.68 Å². The predicted molar refractivity (Wildman–Crippen MR) is 101 cm³/mol. The first-order valence-electron chi connectivity index (χ1n) is 8.74. The van der Waals surface area contributed by atoms with Gasteiger partial charge in [0, 0.05) is 23.3 Å². The van der Waals surface area contributed by atoms with Crippen LogP contribution >= 0.6 is 7.82 Å². The summed E-state index contributed by atoms with van der Waals surface area (Å²) in [5.41, 5.74) is 2.66. The fourth-order valence-electron chi connectivity index (χ4n) is 3.59. The molecule has 0 aromatic carbocycles. The second-order valence-electron chi connectivity index (χ2n) is 6.95. The molecule has 0 saturated heterocycles. The molecule has 0 spiro atoms. The van der Waals surface area contributed by atoms with E-state index in [1.165, 1.54) is 12.8 Å². The van der Waals surface area contributed by atoms with E-state index >= 15 is 0 Å². The van der Waals surface area contributed by atoms with Gasteiger partial charge >= 0.3 is 7.82 Å². The largest absolute Gasteiger partial charge is 0.466 e. The molecular weight excluding hydrogens is 383 g/mol. The molecule has 0 amide bonds. The highest BCUT2D eigenvalue weighted by atomic mass is 31.2. The van der Waals surface area contributed by atoms with Crippen molar-refractivity contribution in [2.24, 2.45) is 11.8 Å².